The zero-order valence-electron chi connectivity index (χ0n) is 17.9. The van der Waals surface area contributed by atoms with Gasteiger partial charge >= 0.3 is 0 Å². The van der Waals surface area contributed by atoms with Crippen LogP contribution in [-0.2, 0) is 9.16 Å². The van der Waals surface area contributed by atoms with E-state index in [1.54, 1.807) is 6.08 Å². The third-order valence-corrected chi connectivity index (χ3v) is 9.76. The molecule has 3 nitrogen and oxygen atoms in total. The number of hydrogen-bond acceptors (Lipinski definition) is 3. The SMILES string of the molecule is CCOC#CC/C=C\C(O)CO[Si](c1ccccc1)(c1ccccc1)C(C)(C)C. The Hall–Kier alpha value is -2.32. The summed E-state index contributed by atoms with van der Waals surface area (Å²) < 4.78 is 11.7. The van der Waals surface area contributed by atoms with Crippen molar-refractivity contribution in [3.63, 3.8) is 0 Å². The van der Waals surface area contributed by atoms with Crippen LogP contribution in [0.4, 0.5) is 0 Å². The molecule has 29 heavy (non-hydrogen) atoms. The molecule has 0 heterocycles. The Kier molecular flexibility index (Phi) is 8.72. The molecular formula is C25H32O3Si. The van der Waals surface area contributed by atoms with Crippen LogP contribution in [-0.4, -0.2) is 32.7 Å². The Labute approximate surface area is 176 Å². The molecule has 1 atom stereocenters. The highest BCUT2D eigenvalue weighted by Crippen LogP contribution is 2.36. The number of aliphatic hydroxyl groups excluding tert-OH is 1. The van der Waals surface area contributed by atoms with E-state index in [0.29, 0.717) is 13.0 Å². The van der Waals surface area contributed by atoms with Crippen LogP contribution in [0.3, 0.4) is 0 Å². The summed E-state index contributed by atoms with van der Waals surface area (Å²) in [6, 6.07) is 20.9. The zero-order valence-corrected chi connectivity index (χ0v) is 18.9. The quantitative estimate of drug-likeness (QED) is 0.409. The van der Waals surface area contributed by atoms with E-state index in [0.717, 1.165) is 0 Å². The predicted octanol–water partition coefficient (Wildman–Crippen LogP) is 3.87. The molecule has 0 saturated heterocycles. The predicted molar refractivity (Wildman–Crippen MR) is 123 cm³/mol. The lowest BCUT2D eigenvalue weighted by molar-refractivity contribution is 0.138. The lowest BCUT2D eigenvalue weighted by Crippen LogP contribution is -2.67. The smallest absolute Gasteiger partial charge is 0.261 e. The molecule has 0 bridgehead atoms. The van der Waals surface area contributed by atoms with Gasteiger partial charge in [-0.05, 0) is 22.3 Å². The lowest BCUT2D eigenvalue weighted by atomic mass is 10.2. The van der Waals surface area contributed by atoms with E-state index in [2.05, 4.69) is 81.3 Å². The third kappa shape index (κ3) is 6.07. The van der Waals surface area contributed by atoms with E-state index in [1.807, 2.05) is 25.1 Å². The average molecular weight is 409 g/mol. The number of benzene rings is 2. The van der Waals surface area contributed by atoms with Crippen LogP contribution in [0.2, 0.25) is 5.04 Å². The summed E-state index contributed by atoms with van der Waals surface area (Å²) in [5, 5.41) is 12.8. The number of hydrogen-bond donors (Lipinski definition) is 1. The van der Waals surface area contributed by atoms with Gasteiger partial charge in [0.2, 0.25) is 0 Å². The third-order valence-electron chi connectivity index (χ3n) is 4.75. The van der Waals surface area contributed by atoms with E-state index < -0.39 is 14.4 Å². The van der Waals surface area contributed by atoms with E-state index in [1.165, 1.54) is 10.4 Å². The summed E-state index contributed by atoms with van der Waals surface area (Å²) in [7, 11) is -2.62. The van der Waals surface area contributed by atoms with Crippen molar-refractivity contribution in [2.45, 2.75) is 45.3 Å². The molecule has 0 spiro atoms. The summed E-state index contributed by atoms with van der Waals surface area (Å²) in [5.74, 6) is 2.89. The van der Waals surface area contributed by atoms with Gasteiger partial charge in [0.05, 0.1) is 19.3 Å². The topological polar surface area (TPSA) is 38.7 Å². The van der Waals surface area contributed by atoms with Crippen molar-refractivity contribution in [3.05, 3.63) is 72.8 Å². The van der Waals surface area contributed by atoms with Crippen molar-refractivity contribution >= 4 is 18.7 Å². The fourth-order valence-electron chi connectivity index (χ4n) is 3.48. The maximum Gasteiger partial charge on any atom is 0.261 e. The van der Waals surface area contributed by atoms with Crippen molar-refractivity contribution in [1.29, 1.82) is 0 Å². The molecule has 0 aromatic heterocycles. The first-order valence-corrected chi connectivity index (χ1v) is 12.0. The summed E-state index contributed by atoms with van der Waals surface area (Å²) in [6.07, 6.45) is 6.07. The summed E-state index contributed by atoms with van der Waals surface area (Å²) >= 11 is 0. The van der Waals surface area contributed by atoms with Crippen molar-refractivity contribution in [2.75, 3.05) is 13.2 Å². The highest BCUT2D eigenvalue weighted by molar-refractivity contribution is 6.99. The Balaban J connectivity index is 2.27. The minimum Gasteiger partial charge on any atom is -0.447 e. The molecule has 0 saturated carbocycles. The van der Waals surface area contributed by atoms with Crippen molar-refractivity contribution in [1.82, 2.24) is 0 Å². The molecule has 1 unspecified atom stereocenters. The van der Waals surface area contributed by atoms with Gasteiger partial charge in [-0.3, -0.25) is 0 Å². The number of rotatable bonds is 8. The first-order valence-electron chi connectivity index (χ1n) is 10.1. The fraction of sp³-hybridized carbons (Fsp3) is 0.360. The maximum atomic E-state index is 10.5. The first kappa shape index (κ1) is 23.0. The van der Waals surface area contributed by atoms with Crippen LogP contribution in [0.5, 0.6) is 0 Å². The molecule has 0 aliphatic heterocycles. The highest BCUT2D eigenvalue weighted by Gasteiger charge is 2.50. The summed E-state index contributed by atoms with van der Waals surface area (Å²) in [4.78, 5) is 0. The molecule has 2 aromatic carbocycles. The summed E-state index contributed by atoms with van der Waals surface area (Å²) in [5.41, 5.74) is 0. The highest BCUT2D eigenvalue weighted by atomic mass is 28.4. The second kappa shape index (κ2) is 11.0. The number of allylic oxidation sites excluding steroid dienone is 1. The van der Waals surface area contributed by atoms with Crippen LogP contribution < -0.4 is 10.4 Å². The first-order chi connectivity index (χ1) is 13.9. The van der Waals surface area contributed by atoms with Gasteiger partial charge in [-0.1, -0.05) is 99.5 Å². The average Bonchev–Trinajstić information content (AvgIpc) is 2.71. The molecule has 0 aliphatic rings. The molecule has 4 heteroatoms. The van der Waals surface area contributed by atoms with Crippen molar-refractivity contribution < 1.29 is 14.3 Å². The lowest BCUT2D eigenvalue weighted by Gasteiger charge is -2.43. The standard InChI is InChI=1S/C25H32O3Si/c1-5-27-20-14-8-9-15-22(26)21-28-29(25(2,3)4,23-16-10-6-11-17-23)24-18-12-7-13-19-24/h6-7,9-13,15-19,22,26H,5,8,21H2,1-4H3/b15-9-. The molecule has 0 fully saturated rings. The Morgan fingerprint density at radius 2 is 1.55 bits per heavy atom. The number of ether oxygens (including phenoxy) is 1. The molecule has 0 amide bonds. The van der Waals surface area contributed by atoms with Gasteiger partial charge in [0, 0.05) is 6.42 Å². The molecular weight excluding hydrogens is 376 g/mol. The van der Waals surface area contributed by atoms with Gasteiger partial charge in [-0.15, -0.1) is 0 Å². The molecule has 2 rings (SSSR count). The monoisotopic (exact) mass is 408 g/mol. The van der Waals surface area contributed by atoms with Crippen LogP contribution in [0, 0.1) is 12.0 Å². The molecule has 154 valence electrons. The second-order valence-electron chi connectivity index (χ2n) is 7.89. The normalized spacial score (nSPS) is 13.0. The van der Waals surface area contributed by atoms with Gasteiger partial charge in [0.25, 0.3) is 8.32 Å². The Morgan fingerprint density at radius 3 is 2.03 bits per heavy atom. The molecule has 2 aromatic rings. The molecule has 0 aliphatic carbocycles. The molecule has 0 radical (unpaired) electrons. The Bertz CT molecular complexity index is 774. The van der Waals surface area contributed by atoms with Gasteiger partial charge in [0.15, 0.2) is 0 Å². The van der Waals surface area contributed by atoms with Gasteiger partial charge < -0.3 is 14.3 Å². The van der Waals surface area contributed by atoms with Crippen LogP contribution >= 0.6 is 0 Å². The maximum absolute atomic E-state index is 10.5. The van der Waals surface area contributed by atoms with Gasteiger partial charge in [0.1, 0.15) is 6.11 Å². The van der Waals surface area contributed by atoms with Crippen LogP contribution in [0.1, 0.15) is 34.1 Å². The molecule has 1 N–H and O–H groups in total. The van der Waals surface area contributed by atoms with Gasteiger partial charge in [-0.2, -0.15) is 0 Å². The van der Waals surface area contributed by atoms with E-state index in [4.69, 9.17) is 9.16 Å². The summed E-state index contributed by atoms with van der Waals surface area (Å²) in [6.45, 7) is 9.39. The Morgan fingerprint density at radius 1 is 1.00 bits per heavy atom. The van der Waals surface area contributed by atoms with E-state index >= 15 is 0 Å². The zero-order chi connectivity index (χ0) is 21.2. The largest absolute Gasteiger partial charge is 0.447 e. The minimum atomic E-state index is -2.62. The number of aliphatic hydroxyl groups is 1. The van der Waals surface area contributed by atoms with Crippen LogP contribution in [0.15, 0.2) is 72.8 Å². The van der Waals surface area contributed by atoms with E-state index in [9.17, 15) is 5.11 Å². The van der Waals surface area contributed by atoms with Gasteiger partial charge in [-0.25, -0.2) is 0 Å². The van der Waals surface area contributed by atoms with E-state index in [-0.39, 0.29) is 11.6 Å². The second-order valence-corrected chi connectivity index (χ2v) is 12.2. The fourth-order valence-corrected chi connectivity index (χ4v) is 8.05. The van der Waals surface area contributed by atoms with Crippen LogP contribution in [0.25, 0.3) is 0 Å². The van der Waals surface area contributed by atoms with Crippen molar-refractivity contribution in [2.24, 2.45) is 0 Å². The minimum absolute atomic E-state index is 0.109. The van der Waals surface area contributed by atoms with Crippen molar-refractivity contribution in [3.8, 4) is 12.0 Å².